The number of aryl methyl sites for hydroxylation is 2. The molecule has 0 saturated carbocycles. The highest BCUT2D eigenvalue weighted by atomic mass is 16.3. The average Bonchev–Trinajstić information content (AvgIpc) is 3.19. The molecular weight excluding hydrogens is 436 g/mol. The van der Waals surface area contributed by atoms with Crippen LogP contribution in [0.5, 0.6) is 11.5 Å². The van der Waals surface area contributed by atoms with Gasteiger partial charge in [-0.1, -0.05) is 72.8 Å². The van der Waals surface area contributed by atoms with Gasteiger partial charge in [-0.2, -0.15) is 0 Å². The number of phenolic OH excluding ortho intramolecular Hbond substituents is 2. The lowest BCUT2D eigenvalue weighted by molar-refractivity contribution is 0.000443. The monoisotopic (exact) mass is 466 g/mol. The van der Waals surface area contributed by atoms with E-state index < -0.39 is 17.6 Å². The van der Waals surface area contributed by atoms with Crippen LogP contribution < -0.4 is 0 Å². The summed E-state index contributed by atoms with van der Waals surface area (Å²) < 4.78 is 0. The summed E-state index contributed by atoms with van der Waals surface area (Å²) in [5.74, 6) is 0.433. The molecule has 1 aliphatic rings. The summed E-state index contributed by atoms with van der Waals surface area (Å²) in [6, 6.07) is 30.2. The van der Waals surface area contributed by atoms with E-state index in [-0.39, 0.29) is 11.5 Å². The van der Waals surface area contributed by atoms with Crippen LogP contribution in [-0.4, -0.2) is 32.6 Å². The fraction of sp³-hybridized carbons (Fsp3) is 0.226. The Morgan fingerprint density at radius 1 is 0.514 bits per heavy atom. The Hall–Kier alpha value is -3.60. The Morgan fingerprint density at radius 3 is 1.29 bits per heavy atom. The van der Waals surface area contributed by atoms with Gasteiger partial charge in [0.2, 0.25) is 0 Å². The minimum atomic E-state index is -0.957. The number of rotatable bonds is 8. The zero-order valence-electron chi connectivity index (χ0n) is 19.5. The first kappa shape index (κ1) is 23.2. The number of phenols is 2. The molecule has 0 heterocycles. The zero-order chi connectivity index (χ0) is 24.4. The first-order valence-corrected chi connectivity index (χ1v) is 12.1. The Morgan fingerprint density at radius 2 is 0.886 bits per heavy atom. The third-order valence-electron chi connectivity index (χ3n) is 7.37. The zero-order valence-corrected chi connectivity index (χ0v) is 19.5. The van der Waals surface area contributed by atoms with Gasteiger partial charge in [-0.15, -0.1) is 0 Å². The van der Waals surface area contributed by atoms with E-state index in [2.05, 4.69) is 12.1 Å². The number of fused-ring (bicyclic) bond motifs is 3. The van der Waals surface area contributed by atoms with Gasteiger partial charge in [0.1, 0.15) is 11.5 Å². The second-order valence-corrected chi connectivity index (χ2v) is 9.40. The second kappa shape index (κ2) is 9.57. The van der Waals surface area contributed by atoms with Crippen molar-refractivity contribution in [3.05, 3.63) is 119 Å². The van der Waals surface area contributed by atoms with Gasteiger partial charge < -0.3 is 20.4 Å². The van der Waals surface area contributed by atoms with Crippen molar-refractivity contribution in [3.63, 3.8) is 0 Å². The number of aromatic hydroxyl groups is 2. The summed E-state index contributed by atoms with van der Waals surface area (Å²) in [5.41, 5.74) is 5.10. The van der Waals surface area contributed by atoms with Crippen molar-refractivity contribution in [2.75, 3.05) is 0 Å². The van der Waals surface area contributed by atoms with Crippen molar-refractivity contribution in [1.82, 2.24) is 0 Å². The molecule has 4 aromatic rings. The van der Waals surface area contributed by atoms with Crippen molar-refractivity contribution in [2.24, 2.45) is 0 Å². The van der Waals surface area contributed by atoms with Crippen LogP contribution in [0.3, 0.4) is 0 Å². The smallest absolute Gasteiger partial charge is 0.115 e. The van der Waals surface area contributed by atoms with Gasteiger partial charge >= 0.3 is 0 Å². The summed E-state index contributed by atoms with van der Waals surface area (Å²) in [7, 11) is 0. The largest absolute Gasteiger partial charge is 0.508 e. The summed E-state index contributed by atoms with van der Waals surface area (Å²) in [5, 5.41) is 43.0. The Bertz CT molecular complexity index is 1190. The first-order valence-electron chi connectivity index (χ1n) is 12.1. The highest BCUT2D eigenvalue weighted by Crippen LogP contribution is 2.54. The van der Waals surface area contributed by atoms with Crippen molar-refractivity contribution in [1.29, 1.82) is 0 Å². The third-order valence-corrected chi connectivity index (χ3v) is 7.37. The van der Waals surface area contributed by atoms with Gasteiger partial charge in [0.05, 0.1) is 17.6 Å². The van der Waals surface area contributed by atoms with E-state index in [4.69, 9.17) is 0 Å². The summed E-state index contributed by atoms with van der Waals surface area (Å²) in [4.78, 5) is 0. The molecule has 4 nitrogen and oxygen atoms in total. The van der Waals surface area contributed by atoms with Crippen LogP contribution in [0.1, 0.15) is 35.1 Å². The summed E-state index contributed by atoms with van der Waals surface area (Å²) in [6.45, 7) is 0. The van der Waals surface area contributed by atoms with Crippen LogP contribution in [0, 0.1) is 0 Å². The normalized spacial score (nSPS) is 15.3. The third kappa shape index (κ3) is 4.20. The number of benzene rings is 4. The van der Waals surface area contributed by atoms with Crippen LogP contribution in [0.15, 0.2) is 97.1 Å². The molecule has 5 rings (SSSR count). The molecule has 0 spiro atoms. The number of aliphatic hydroxyl groups excluding tert-OH is 2. The highest BCUT2D eigenvalue weighted by Gasteiger charge is 2.52. The molecule has 4 heteroatoms. The van der Waals surface area contributed by atoms with E-state index >= 15 is 0 Å². The molecular formula is C31H30O4. The van der Waals surface area contributed by atoms with Crippen LogP contribution in [-0.2, 0) is 18.3 Å². The number of hydrogen-bond donors (Lipinski definition) is 4. The molecule has 35 heavy (non-hydrogen) atoms. The van der Waals surface area contributed by atoms with Crippen LogP contribution in [0.2, 0.25) is 0 Å². The van der Waals surface area contributed by atoms with Gasteiger partial charge in [0.25, 0.3) is 0 Å². The molecule has 4 N–H and O–H groups in total. The molecule has 0 aliphatic heterocycles. The SMILES string of the molecule is Oc1ccc(CCC(O)C2(C(O)CCc3ccc(O)cc3)c3ccccc3-c3ccccc32)cc1. The summed E-state index contributed by atoms with van der Waals surface area (Å²) in [6.07, 6.45) is 0.524. The molecule has 0 radical (unpaired) electrons. The molecule has 0 amide bonds. The van der Waals surface area contributed by atoms with Crippen LogP contribution >= 0.6 is 0 Å². The van der Waals surface area contributed by atoms with E-state index in [1.54, 1.807) is 24.3 Å². The van der Waals surface area contributed by atoms with Gasteiger partial charge in [-0.25, -0.2) is 0 Å². The van der Waals surface area contributed by atoms with Gasteiger partial charge in [-0.3, -0.25) is 0 Å². The molecule has 2 unspecified atom stereocenters. The quantitative estimate of drug-likeness (QED) is 0.282. The van der Waals surface area contributed by atoms with Gasteiger partial charge in [0.15, 0.2) is 0 Å². The first-order chi connectivity index (χ1) is 17.0. The van der Waals surface area contributed by atoms with Crippen molar-refractivity contribution in [3.8, 4) is 22.6 Å². The average molecular weight is 467 g/mol. The van der Waals surface area contributed by atoms with Crippen molar-refractivity contribution >= 4 is 0 Å². The van der Waals surface area contributed by atoms with Crippen LogP contribution in [0.25, 0.3) is 11.1 Å². The van der Waals surface area contributed by atoms with Gasteiger partial charge in [-0.05, 0) is 83.3 Å². The topological polar surface area (TPSA) is 80.9 Å². The molecule has 0 aromatic heterocycles. The minimum absolute atomic E-state index is 0.217. The summed E-state index contributed by atoms with van der Waals surface area (Å²) >= 11 is 0. The Labute approximate surface area is 205 Å². The van der Waals surface area contributed by atoms with E-state index in [1.165, 1.54) is 0 Å². The van der Waals surface area contributed by atoms with E-state index in [0.717, 1.165) is 33.4 Å². The lowest BCUT2D eigenvalue weighted by Crippen LogP contribution is -2.49. The molecule has 178 valence electrons. The number of hydrogen-bond acceptors (Lipinski definition) is 4. The van der Waals surface area contributed by atoms with Gasteiger partial charge in [0, 0.05) is 0 Å². The maximum absolute atomic E-state index is 11.9. The Kier molecular flexibility index (Phi) is 6.33. The predicted octanol–water partition coefficient (Wildman–Crippen LogP) is 5.35. The standard InChI is InChI=1S/C31H30O4/c32-23-15-9-21(10-16-23)13-19-29(34)31(30(35)20-14-22-11-17-24(33)18-12-22)27-7-3-1-5-25(27)26-6-2-4-8-28(26)31/h1-12,15-18,29-30,32-35H,13-14,19-20H2. The Balaban J connectivity index is 1.52. The van der Waals surface area contributed by atoms with Crippen LogP contribution in [0.4, 0.5) is 0 Å². The number of aliphatic hydroxyl groups is 2. The molecule has 0 saturated heterocycles. The maximum atomic E-state index is 11.9. The lowest BCUT2D eigenvalue weighted by atomic mass is 9.66. The van der Waals surface area contributed by atoms with E-state index in [1.807, 2.05) is 60.7 Å². The van der Waals surface area contributed by atoms with E-state index in [9.17, 15) is 20.4 Å². The second-order valence-electron chi connectivity index (χ2n) is 9.40. The maximum Gasteiger partial charge on any atom is 0.115 e. The molecule has 2 atom stereocenters. The molecule has 0 fully saturated rings. The molecule has 4 aromatic carbocycles. The fourth-order valence-corrected chi connectivity index (χ4v) is 5.63. The van der Waals surface area contributed by atoms with E-state index in [0.29, 0.717) is 25.7 Å². The predicted molar refractivity (Wildman–Crippen MR) is 138 cm³/mol. The van der Waals surface area contributed by atoms with Crippen molar-refractivity contribution < 1.29 is 20.4 Å². The minimum Gasteiger partial charge on any atom is -0.508 e. The van der Waals surface area contributed by atoms with Crippen molar-refractivity contribution in [2.45, 2.75) is 43.3 Å². The lowest BCUT2D eigenvalue weighted by Gasteiger charge is -2.41. The molecule has 0 bridgehead atoms. The molecule has 1 aliphatic carbocycles. The highest BCUT2D eigenvalue weighted by molar-refractivity contribution is 5.81. The fourth-order valence-electron chi connectivity index (χ4n) is 5.63.